The molecule has 0 saturated carbocycles. The van der Waals surface area contributed by atoms with E-state index in [4.69, 9.17) is 0 Å². The summed E-state index contributed by atoms with van der Waals surface area (Å²) in [7, 11) is 0. The van der Waals surface area contributed by atoms with Crippen LogP contribution in [0, 0.1) is 11.3 Å². The molecule has 190 valence electrons. The number of nitrogens with zero attached hydrogens (tertiary/aromatic N) is 2. The van der Waals surface area contributed by atoms with Crippen molar-refractivity contribution >= 4 is 27.8 Å². The third kappa shape index (κ3) is 3.71. The van der Waals surface area contributed by atoms with Crippen molar-refractivity contribution < 1.29 is 0 Å². The van der Waals surface area contributed by atoms with Crippen LogP contribution in [0.3, 0.4) is 0 Å². The molecule has 0 saturated heterocycles. The van der Waals surface area contributed by atoms with Gasteiger partial charge in [-0.3, -0.25) is 0 Å². The van der Waals surface area contributed by atoms with Gasteiger partial charge in [-0.05, 0) is 81.2 Å². The van der Waals surface area contributed by atoms with E-state index in [0.717, 1.165) is 17.1 Å². The number of rotatable bonds is 4. The highest BCUT2D eigenvalue weighted by Gasteiger charge is 2.35. The molecular weight excluding hydrogens is 484 g/mol. The zero-order chi connectivity index (χ0) is 27.3. The maximum absolute atomic E-state index is 9.49. The van der Waals surface area contributed by atoms with Crippen LogP contribution < -0.4 is 4.90 Å². The van der Waals surface area contributed by atoms with E-state index in [1.807, 2.05) is 12.1 Å². The zero-order valence-electron chi connectivity index (χ0n) is 22.6. The Kier molecular flexibility index (Phi) is 5.54. The first-order chi connectivity index (χ1) is 19.6. The molecule has 0 unspecified atom stereocenters. The van der Waals surface area contributed by atoms with E-state index < -0.39 is 0 Å². The fraction of sp³-hybridized carbons (Fsp3) is 0.0789. The van der Waals surface area contributed by atoms with E-state index in [2.05, 4.69) is 146 Å². The Balaban J connectivity index is 1.50. The van der Waals surface area contributed by atoms with Gasteiger partial charge in [-0.1, -0.05) is 105 Å². The molecular formula is C38H28N2. The van der Waals surface area contributed by atoms with Crippen LogP contribution in [-0.2, 0) is 5.41 Å². The monoisotopic (exact) mass is 512 g/mol. The second-order valence-corrected chi connectivity index (χ2v) is 10.9. The molecule has 2 heteroatoms. The van der Waals surface area contributed by atoms with Gasteiger partial charge in [0.2, 0.25) is 0 Å². The predicted molar refractivity (Wildman–Crippen MR) is 166 cm³/mol. The average molecular weight is 513 g/mol. The molecule has 0 spiro atoms. The number of anilines is 3. The molecule has 0 fully saturated rings. The van der Waals surface area contributed by atoms with Crippen molar-refractivity contribution in [3.05, 3.63) is 150 Å². The topological polar surface area (TPSA) is 27.0 Å². The van der Waals surface area contributed by atoms with Crippen LogP contribution >= 0.6 is 0 Å². The van der Waals surface area contributed by atoms with Crippen LogP contribution in [0.4, 0.5) is 17.1 Å². The van der Waals surface area contributed by atoms with Gasteiger partial charge >= 0.3 is 0 Å². The van der Waals surface area contributed by atoms with Gasteiger partial charge in [-0.15, -0.1) is 0 Å². The Bertz CT molecular complexity index is 1920. The number of hydrogen-bond donors (Lipinski definition) is 0. The Labute approximate surface area is 235 Å². The second-order valence-electron chi connectivity index (χ2n) is 10.9. The first-order valence-corrected chi connectivity index (χ1v) is 13.7. The van der Waals surface area contributed by atoms with E-state index in [9.17, 15) is 5.26 Å². The van der Waals surface area contributed by atoms with Gasteiger partial charge in [0.25, 0.3) is 0 Å². The lowest BCUT2D eigenvalue weighted by Gasteiger charge is -2.29. The smallest absolute Gasteiger partial charge is 0.0991 e. The highest BCUT2D eigenvalue weighted by Crippen LogP contribution is 2.51. The SMILES string of the molecule is CC1(C)c2ccccc2-c2ccc(N(c3ccc(C#N)cc3)c3cccc4cccc(-c5ccccc5)c34)cc21. The summed E-state index contributed by atoms with van der Waals surface area (Å²) < 4.78 is 0. The van der Waals surface area contributed by atoms with Crippen molar-refractivity contribution in [2.24, 2.45) is 0 Å². The molecule has 2 nitrogen and oxygen atoms in total. The average Bonchev–Trinajstić information content (AvgIpc) is 3.24. The summed E-state index contributed by atoms with van der Waals surface area (Å²) in [6.45, 7) is 4.64. The Morgan fingerprint density at radius 2 is 1.23 bits per heavy atom. The standard InChI is InChI=1S/C38H28N2/c1-38(2)34-16-7-6-14-32(34)33-23-22-30(24-35(33)38)40(29-20-18-26(25-39)19-21-29)36-17-9-13-28-12-8-15-31(37(28)36)27-10-4-3-5-11-27/h3-24H,1-2H3. The molecule has 0 bridgehead atoms. The van der Waals surface area contributed by atoms with Crippen molar-refractivity contribution in [1.82, 2.24) is 0 Å². The third-order valence-electron chi connectivity index (χ3n) is 8.29. The molecule has 0 heterocycles. The lowest BCUT2D eigenvalue weighted by molar-refractivity contribution is 0.660. The Morgan fingerprint density at radius 3 is 2.00 bits per heavy atom. The summed E-state index contributed by atoms with van der Waals surface area (Å²) in [5.74, 6) is 0. The molecule has 0 aliphatic heterocycles. The summed E-state index contributed by atoms with van der Waals surface area (Å²) in [6.07, 6.45) is 0. The molecule has 0 atom stereocenters. The molecule has 0 radical (unpaired) electrons. The summed E-state index contributed by atoms with van der Waals surface area (Å²) in [5.41, 5.74) is 11.5. The summed E-state index contributed by atoms with van der Waals surface area (Å²) in [4.78, 5) is 2.34. The highest BCUT2D eigenvalue weighted by molar-refractivity contribution is 6.07. The van der Waals surface area contributed by atoms with Gasteiger partial charge in [-0.2, -0.15) is 5.26 Å². The van der Waals surface area contributed by atoms with E-state index in [1.54, 1.807) is 0 Å². The summed E-state index contributed by atoms with van der Waals surface area (Å²) in [6, 6.07) is 49.4. The highest BCUT2D eigenvalue weighted by atomic mass is 15.1. The molecule has 0 amide bonds. The number of nitriles is 1. The molecule has 6 aromatic rings. The first kappa shape index (κ1) is 23.9. The predicted octanol–water partition coefficient (Wildman–Crippen LogP) is 10.2. The quantitative estimate of drug-likeness (QED) is 0.235. The molecule has 1 aliphatic carbocycles. The van der Waals surface area contributed by atoms with E-state index in [-0.39, 0.29) is 5.41 Å². The van der Waals surface area contributed by atoms with Gasteiger partial charge in [0.15, 0.2) is 0 Å². The van der Waals surface area contributed by atoms with Gasteiger partial charge in [0.1, 0.15) is 0 Å². The van der Waals surface area contributed by atoms with Crippen LogP contribution in [0.5, 0.6) is 0 Å². The van der Waals surface area contributed by atoms with Crippen LogP contribution in [0.2, 0.25) is 0 Å². The van der Waals surface area contributed by atoms with Gasteiger partial charge < -0.3 is 4.90 Å². The molecule has 0 aromatic heterocycles. The van der Waals surface area contributed by atoms with Crippen molar-refractivity contribution in [3.8, 4) is 28.3 Å². The molecule has 6 aromatic carbocycles. The van der Waals surface area contributed by atoms with Gasteiger partial charge in [0, 0.05) is 22.2 Å². The Morgan fingerprint density at radius 1 is 0.575 bits per heavy atom. The summed E-state index contributed by atoms with van der Waals surface area (Å²) in [5, 5.41) is 11.9. The molecule has 0 N–H and O–H groups in total. The molecule has 40 heavy (non-hydrogen) atoms. The van der Waals surface area contributed by atoms with Crippen LogP contribution in [-0.4, -0.2) is 0 Å². The van der Waals surface area contributed by atoms with Crippen LogP contribution in [0.1, 0.15) is 30.5 Å². The second kappa shape index (κ2) is 9.26. The minimum Gasteiger partial charge on any atom is -0.310 e. The minimum absolute atomic E-state index is 0.105. The maximum Gasteiger partial charge on any atom is 0.0991 e. The minimum atomic E-state index is -0.105. The number of hydrogen-bond acceptors (Lipinski definition) is 2. The Hall–Kier alpha value is -5.13. The lowest BCUT2D eigenvalue weighted by atomic mass is 9.82. The molecule has 7 rings (SSSR count). The number of fused-ring (bicyclic) bond motifs is 4. The fourth-order valence-electron chi connectivity index (χ4n) is 6.31. The summed E-state index contributed by atoms with van der Waals surface area (Å²) >= 11 is 0. The van der Waals surface area contributed by atoms with Gasteiger partial charge in [-0.25, -0.2) is 0 Å². The largest absolute Gasteiger partial charge is 0.310 e. The van der Waals surface area contributed by atoms with Crippen LogP contribution in [0.25, 0.3) is 33.0 Å². The van der Waals surface area contributed by atoms with Crippen molar-refractivity contribution in [3.63, 3.8) is 0 Å². The van der Waals surface area contributed by atoms with E-state index in [0.29, 0.717) is 5.56 Å². The zero-order valence-corrected chi connectivity index (χ0v) is 22.6. The molecule has 1 aliphatic rings. The maximum atomic E-state index is 9.49. The van der Waals surface area contributed by atoms with Crippen LogP contribution in [0.15, 0.2) is 133 Å². The normalized spacial score (nSPS) is 12.9. The van der Waals surface area contributed by atoms with E-state index >= 15 is 0 Å². The lowest BCUT2D eigenvalue weighted by Crippen LogP contribution is -2.16. The number of benzene rings is 6. The van der Waals surface area contributed by atoms with E-state index in [1.165, 1.54) is 44.2 Å². The van der Waals surface area contributed by atoms with Gasteiger partial charge in [0.05, 0.1) is 17.3 Å². The van der Waals surface area contributed by atoms with Crippen molar-refractivity contribution in [2.75, 3.05) is 4.90 Å². The first-order valence-electron chi connectivity index (χ1n) is 13.7. The van der Waals surface area contributed by atoms with Crippen molar-refractivity contribution in [1.29, 1.82) is 5.26 Å². The fourth-order valence-corrected chi connectivity index (χ4v) is 6.31. The third-order valence-corrected chi connectivity index (χ3v) is 8.29. The van der Waals surface area contributed by atoms with Crippen molar-refractivity contribution in [2.45, 2.75) is 19.3 Å².